The number of rotatable bonds is 48. The SMILES string of the molecule is COCCOCCOCCOc1cc(OCCOCCOCCOC)cc([C+]2c3ccc([n-]3)[C+](C#C[Si](C(C)C)(C(C)C)C(C)C)c3ccc([n-]3)[C+](c3cc(OCCOCCOCCOC)cc(OCCOCCOCCOC)c3)c3ccc([n-]3)[C+](C#C[Si](C(C)C)(C(C)C)C(C)C)c3ccc2[n-]3)c1.CS(C)=O.[Zn]. The molecule has 8 bridgehead atoms. The molecule has 0 unspecified atom stereocenters. The third-order valence-electron chi connectivity index (χ3n) is 18.7. The summed E-state index contributed by atoms with van der Waals surface area (Å²) in [5, 5.41) is 0. The molecule has 4 aromatic heterocycles. The molecule has 25 heteroatoms. The van der Waals surface area contributed by atoms with Crippen molar-refractivity contribution in [1.82, 2.24) is 19.9 Å². The van der Waals surface area contributed by atoms with Gasteiger partial charge in [-0.25, -0.2) is 0 Å². The van der Waals surface area contributed by atoms with Crippen molar-refractivity contribution >= 4 is 26.9 Å². The Hall–Kier alpha value is -5.91. The third-order valence-corrected chi connectivity index (χ3v) is 31.3. The van der Waals surface area contributed by atoms with E-state index in [0.29, 0.717) is 246 Å². The molecule has 0 saturated heterocycles. The quantitative estimate of drug-likeness (QED) is 0.0150. The fraction of sp³-hybridized carbons (Fsp3) is 0.571. The molecule has 0 spiro atoms. The summed E-state index contributed by atoms with van der Waals surface area (Å²) in [6.07, 6.45) is 3.28. The van der Waals surface area contributed by atoms with Gasteiger partial charge in [-0.2, -0.15) is 0 Å². The van der Waals surface area contributed by atoms with Gasteiger partial charge in [-0.1, -0.05) is 83.1 Å². The molecule has 0 aliphatic carbocycles. The molecule has 0 N–H and O–H groups in total. The van der Waals surface area contributed by atoms with Crippen molar-refractivity contribution in [2.75, 3.05) is 200 Å². The fourth-order valence-corrected chi connectivity index (χ4v) is 24.1. The number of ether oxygens (including phenoxy) is 16. The Morgan fingerprint density at radius 1 is 0.312 bits per heavy atom. The molecule has 596 valence electrons. The molecular weight excluding hydrogens is 1490 g/mol. The van der Waals surface area contributed by atoms with Crippen LogP contribution in [0.1, 0.15) is 140 Å². The van der Waals surface area contributed by atoms with Gasteiger partial charge in [-0.3, -0.25) is 4.21 Å². The van der Waals surface area contributed by atoms with Gasteiger partial charge in [0.25, 0.3) is 0 Å². The number of methoxy groups -OCH3 is 4. The van der Waals surface area contributed by atoms with Crippen LogP contribution in [0.15, 0.2) is 84.9 Å². The van der Waals surface area contributed by atoms with Crippen LogP contribution in [-0.2, 0) is 87.1 Å². The summed E-state index contributed by atoms with van der Waals surface area (Å²) in [6, 6.07) is 28.2. The van der Waals surface area contributed by atoms with Crippen molar-refractivity contribution in [3.63, 3.8) is 0 Å². The molecule has 0 radical (unpaired) electrons. The number of hydrogen-bond acceptors (Lipinski definition) is 17. The summed E-state index contributed by atoms with van der Waals surface area (Å²) < 4.78 is 103. The van der Waals surface area contributed by atoms with Crippen LogP contribution in [0.4, 0.5) is 0 Å². The first-order valence-corrected chi connectivity index (χ1v) is 44.3. The van der Waals surface area contributed by atoms with Gasteiger partial charge in [0.1, 0.15) is 26.4 Å². The molecule has 0 saturated carbocycles. The van der Waals surface area contributed by atoms with Gasteiger partial charge in [-0.05, 0) is 89.9 Å². The van der Waals surface area contributed by atoms with Gasteiger partial charge in [0.2, 0.25) is 16.1 Å². The van der Waals surface area contributed by atoms with Crippen LogP contribution in [0.5, 0.6) is 23.0 Å². The summed E-state index contributed by atoms with van der Waals surface area (Å²) in [6.45, 7) is 37.6. The Balaban J connectivity index is 0.00000415. The summed E-state index contributed by atoms with van der Waals surface area (Å²) in [7, 11) is 1.26. The number of fused-ring (bicyclic) bond motifs is 8. The van der Waals surface area contributed by atoms with Gasteiger partial charge >= 0.3 is 0 Å². The van der Waals surface area contributed by atoms with Crippen LogP contribution in [0.3, 0.4) is 0 Å². The Morgan fingerprint density at radius 2 is 0.495 bits per heavy atom. The minimum Gasteiger partial charge on any atom is -0.624 e. The van der Waals surface area contributed by atoms with Crippen LogP contribution in [0, 0.1) is 46.6 Å². The van der Waals surface area contributed by atoms with Gasteiger partial charge in [0, 0.05) is 156 Å². The largest absolute Gasteiger partial charge is 0.624 e. The number of benzene rings is 2. The predicted octanol–water partition coefficient (Wildman–Crippen LogP) is 12.5. The molecule has 0 amide bonds. The molecule has 7 rings (SSSR count). The van der Waals surface area contributed by atoms with Crippen LogP contribution in [-0.4, -0.2) is 220 Å². The van der Waals surface area contributed by atoms with Gasteiger partial charge in [0.15, 0.2) is 23.0 Å². The van der Waals surface area contributed by atoms with E-state index in [2.05, 4.69) is 155 Å². The molecule has 5 heterocycles. The molecule has 109 heavy (non-hydrogen) atoms. The zero-order chi connectivity index (χ0) is 78.3. The topological polar surface area (TPSA) is 221 Å². The van der Waals surface area contributed by atoms with E-state index in [-0.39, 0.29) is 45.9 Å². The minimum absolute atomic E-state index is 0. The molecular formula is C84H122N4O17SSi2Zn. The smallest absolute Gasteiger partial charge is 0.208 e. The van der Waals surface area contributed by atoms with Crippen LogP contribution in [0.25, 0.3) is 0 Å². The average molecular weight is 1610 g/mol. The van der Waals surface area contributed by atoms with Crippen LogP contribution < -0.4 is 38.9 Å². The molecule has 6 aromatic rings. The van der Waals surface area contributed by atoms with E-state index in [0.717, 1.165) is 23.0 Å². The Morgan fingerprint density at radius 3 is 0.688 bits per heavy atom. The van der Waals surface area contributed by atoms with Gasteiger partial charge in [-0.15, -0.1) is 0 Å². The van der Waals surface area contributed by atoms with Crippen LogP contribution in [0.2, 0.25) is 33.2 Å². The number of hydrogen-bond donors (Lipinski definition) is 0. The minimum atomic E-state index is -2.37. The standard InChI is InChI=1S/C82H116N4O16Si2.C2H6OS.Zn/c1-59(2)103(60(3)4,61(5)6)51-25-71-73-17-21-77(83-73)81(65-53-67(99-47-43-95-39-35-91-31-27-87-13)57-68(54-65)100-48-44-96-40-36-92-32-28-88-14)79-23-19-75(85-79)72(26-52-104(62(7)8,63(9)10)64(11)12)76-20-24-80(86-76)82(78-22-18-74(71)84-78)66-55-69(101-49-45-97-41-37-93-33-29-89-15)58-70(56-66)102-50-46-98-42-38-94-34-30-90-16;1-4(2)3;/h17-24,53-64H,27-50H2,1-16H3;1-2H3;. The zero-order valence-corrected chi connectivity index (χ0v) is 74.1. The maximum Gasteiger partial charge on any atom is 0.208 e. The van der Waals surface area contributed by atoms with E-state index in [1.54, 1.807) is 41.0 Å². The fourth-order valence-electron chi connectivity index (χ4n) is 13.6. The molecule has 2 aromatic carbocycles. The predicted molar refractivity (Wildman–Crippen MR) is 430 cm³/mol. The van der Waals surface area contributed by atoms with Gasteiger partial charge < -0.3 is 95.7 Å². The summed E-state index contributed by atoms with van der Waals surface area (Å²) in [4.78, 5) is 22.6. The first-order chi connectivity index (χ1) is 52.1. The summed E-state index contributed by atoms with van der Waals surface area (Å²) >= 11 is 0. The second-order valence-corrected chi connectivity index (χ2v) is 40.7. The first-order valence-electron chi connectivity index (χ1n) is 37.9. The van der Waals surface area contributed by atoms with Crippen molar-refractivity contribution in [3.05, 3.63) is 165 Å². The summed E-state index contributed by atoms with van der Waals surface area (Å²) in [5.74, 6) is 12.8. The van der Waals surface area contributed by atoms with E-state index >= 15 is 0 Å². The number of aromatic nitrogens is 4. The van der Waals surface area contributed by atoms with Crippen LogP contribution >= 0.6 is 0 Å². The average Bonchev–Trinajstić information content (AvgIpc) is 1.68. The molecule has 0 fully saturated rings. The Bertz CT molecular complexity index is 3190. The zero-order valence-electron chi connectivity index (χ0n) is 68.4. The molecule has 0 atom stereocenters. The molecule has 21 nitrogen and oxygen atoms in total. The monoisotopic (exact) mass is 1610 g/mol. The maximum absolute atomic E-state index is 9.56. The second kappa shape index (κ2) is 51.0. The van der Waals surface area contributed by atoms with Crippen molar-refractivity contribution in [2.24, 2.45) is 0 Å². The van der Waals surface area contributed by atoms with Crippen molar-refractivity contribution in [3.8, 4) is 45.9 Å². The van der Waals surface area contributed by atoms with Crippen molar-refractivity contribution in [2.45, 2.75) is 116 Å². The molecule has 1 aliphatic rings. The molecule has 1 aliphatic heterocycles. The van der Waals surface area contributed by atoms with E-state index in [1.807, 2.05) is 36.4 Å². The maximum atomic E-state index is 9.56. The van der Waals surface area contributed by atoms with E-state index in [9.17, 15) is 4.21 Å². The third kappa shape index (κ3) is 29.5. The van der Waals surface area contributed by atoms with E-state index in [4.69, 9.17) is 95.7 Å². The van der Waals surface area contributed by atoms with Crippen molar-refractivity contribution < 1.29 is 99.5 Å². The number of nitrogens with zero attached hydrogens (tertiary/aromatic N) is 4. The van der Waals surface area contributed by atoms with E-state index in [1.165, 1.54) is 0 Å². The van der Waals surface area contributed by atoms with Gasteiger partial charge in [0.05, 0.1) is 179 Å². The van der Waals surface area contributed by atoms with Crippen molar-refractivity contribution in [1.29, 1.82) is 0 Å². The summed E-state index contributed by atoms with van der Waals surface area (Å²) in [5.41, 5.74) is 17.0. The van der Waals surface area contributed by atoms with E-state index < -0.39 is 26.9 Å². The second-order valence-electron chi connectivity index (χ2n) is 28.0. The Labute approximate surface area is 669 Å². The first kappa shape index (κ1) is 93.7. The Kier molecular flexibility index (Phi) is 43.8. The normalized spacial score (nSPS) is 12.5.